The van der Waals surface area contributed by atoms with Gasteiger partial charge in [0.2, 0.25) is 0 Å². The second-order valence-electron chi connectivity index (χ2n) is 6.68. The van der Waals surface area contributed by atoms with E-state index in [4.69, 9.17) is 11.6 Å². The van der Waals surface area contributed by atoms with Crippen LogP contribution in [0.15, 0.2) is 48.5 Å². The first kappa shape index (κ1) is 16.5. The Morgan fingerprint density at radius 1 is 0.913 bits per heavy atom. The highest BCUT2D eigenvalue weighted by molar-refractivity contribution is 6.30. The zero-order valence-corrected chi connectivity index (χ0v) is 14.5. The summed E-state index contributed by atoms with van der Waals surface area (Å²) in [4.78, 5) is 0. The molecule has 2 aromatic rings. The number of nitrogens with one attached hydrogen (secondary N) is 1. The van der Waals surface area contributed by atoms with Gasteiger partial charge in [-0.3, -0.25) is 0 Å². The van der Waals surface area contributed by atoms with Crippen molar-refractivity contribution in [3.63, 3.8) is 0 Å². The van der Waals surface area contributed by atoms with E-state index in [2.05, 4.69) is 35.6 Å². The highest BCUT2D eigenvalue weighted by Gasteiger charge is 2.12. The van der Waals surface area contributed by atoms with Crippen LogP contribution >= 0.6 is 11.6 Å². The molecule has 1 aliphatic carbocycles. The smallest absolute Gasteiger partial charge is 0.0412 e. The Bertz CT molecular complexity index is 617. The van der Waals surface area contributed by atoms with Crippen molar-refractivity contribution in [2.45, 2.75) is 45.1 Å². The average molecular weight is 328 g/mol. The van der Waals surface area contributed by atoms with E-state index in [1.165, 1.54) is 55.2 Å². The standard InChI is InChI=1S/C21H26ClN/c22-21-11-5-10-20(15-21)19-9-4-8-18(14-19)16-23-13-12-17-6-2-1-3-7-17/h4-5,8-11,14-15,17,23H,1-3,6-7,12-13,16H2. The molecule has 0 aliphatic heterocycles. The fourth-order valence-electron chi connectivity index (χ4n) is 3.54. The van der Waals surface area contributed by atoms with Gasteiger partial charge in [0.15, 0.2) is 0 Å². The fraction of sp³-hybridized carbons (Fsp3) is 0.429. The quantitative estimate of drug-likeness (QED) is 0.635. The van der Waals surface area contributed by atoms with E-state index < -0.39 is 0 Å². The second-order valence-corrected chi connectivity index (χ2v) is 7.12. The summed E-state index contributed by atoms with van der Waals surface area (Å²) in [5.41, 5.74) is 3.76. The first-order valence-electron chi connectivity index (χ1n) is 8.87. The van der Waals surface area contributed by atoms with Crippen molar-refractivity contribution in [3.05, 3.63) is 59.1 Å². The molecule has 0 heterocycles. The first-order valence-corrected chi connectivity index (χ1v) is 9.25. The minimum atomic E-state index is 0.790. The van der Waals surface area contributed by atoms with Gasteiger partial charge < -0.3 is 5.32 Å². The van der Waals surface area contributed by atoms with E-state index in [1.54, 1.807) is 0 Å². The molecule has 2 aromatic carbocycles. The van der Waals surface area contributed by atoms with Crippen molar-refractivity contribution in [1.82, 2.24) is 5.32 Å². The van der Waals surface area contributed by atoms with Gasteiger partial charge in [0, 0.05) is 11.6 Å². The summed E-state index contributed by atoms with van der Waals surface area (Å²) in [5.74, 6) is 0.953. The minimum Gasteiger partial charge on any atom is -0.313 e. The third-order valence-electron chi connectivity index (χ3n) is 4.87. The maximum Gasteiger partial charge on any atom is 0.0412 e. The van der Waals surface area contributed by atoms with Crippen molar-refractivity contribution in [3.8, 4) is 11.1 Å². The predicted octanol–water partition coefficient (Wildman–Crippen LogP) is 6.07. The van der Waals surface area contributed by atoms with Crippen LogP contribution in [-0.4, -0.2) is 6.54 Å². The molecule has 0 bridgehead atoms. The van der Waals surface area contributed by atoms with Gasteiger partial charge >= 0.3 is 0 Å². The predicted molar refractivity (Wildman–Crippen MR) is 99.8 cm³/mol. The molecular weight excluding hydrogens is 302 g/mol. The first-order chi connectivity index (χ1) is 11.3. The van der Waals surface area contributed by atoms with Crippen LogP contribution in [0.1, 0.15) is 44.1 Å². The number of hydrogen-bond donors (Lipinski definition) is 1. The molecule has 1 N–H and O–H groups in total. The van der Waals surface area contributed by atoms with Crippen LogP contribution in [-0.2, 0) is 6.54 Å². The van der Waals surface area contributed by atoms with Crippen LogP contribution in [0.25, 0.3) is 11.1 Å². The van der Waals surface area contributed by atoms with Crippen LogP contribution in [0.4, 0.5) is 0 Å². The largest absolute Gasteiger partial charge is 0.313 e. The lowest BCUT2D eigenvalue weighted by atomic mass is 9.87. The van der Waals surface area contributed by atoms with Crippen molar-refractivity contribution in [1.29, 1.82) is 0 Å². The zero-order valence-electron chi connectivity index (χ0n) is 13.7. The highest BCUT2D eigenvalue weighted by Crippen LogP contribution is 2.26. The molecule has 0 amide bonds. The van der Waals surface area contributed by atoms with E-state index in [0.29, 0.717) is 0 Å². The van der Waals surface area contributed by atoms with E-state index in [9.17, 15) is 0 Å². The molecule has 0 radical (unpaired) electrons. The van der Waals surface area contributed by atoms with Crippen LogP contribution < -0.4 is 5.32 Å². The Morgan fingerprint density at radius 3 is 2.43 bits per heavy atom. The lowest BCUT2D eigenvalue weighted by molar-refractivity contribution is 0.334. The monoisotopic (exact) mass is 327 g/mol. The molecule has 0 aromatic heterocycles. The van der Waals surface area contributed by atoms with Gasteiger partial charge in [-0.05, 0) is 53.8 Å². The average Bonchev–Trinajstić information content (AvgIpc) is 2.60. The summed E-state index contributed by atoms with van der Waals surface area (Å²) in [6.07, 6.45) is 8.52. The normalized spacial score (nSPS) is 15.7. The molecule has 1 aliphatic rings. The summed E-state index contributed by atoms with van der Waals surface area (Å²) >= 11 is 6.10. The molecule has 1 nitrogen and oxygen atoms in total. The molecule has 0 spiro atoms. The van der Waals surface area contributed by atoms with Gasteiger partial charge in [0.05, 0.1) is 0 Å². The van der Waals surface area contributed by atoms with Gasteiger partial charge in [0.25, 0.3) is 0 Å². The summed E-state index contributed by atoms with van der Waals surface area (Å²) in [5, 5.41) is 4.40. The third-order valence-corrected chi connectivity index (χ3v) is 5.10. The van der Waals surface area contributed by atoms with Gasteiger partial charge in [-0.15, -0.1) is 0 Å². The van der Waals surface area contributed by atoms with Crippen molar-refractivity contribution < 1.29 is 0 Å². The number of rotatable bonds is 6. The van der Waals surface area contributed by atoms with Crippen LogP contribution in [0.5, 0.6) is 0 Å². The van der Waals surface area contributed by atoms with Crippen molar-refractivity contribution >= 4 is 11.6 Å². The Balaban J connectivity index is 1.51. The number of hydrogen-bond acceptors (Lipinski definition) is 1. The van der Waals surface area contributed by atoms with Gasteiger partial charge in [-0.1, -0.05) is 74.0 Å². The third kappa shape index (κ3) is 5.09. The SMILES string of the molecule is Clc1cccc(-c2cccc(CNCCC3CCCCC3)c2)c1. The molecule has 0 atom stereocenters. The molecule has 122 valence electrons. The molecule has 23 heavy (non-hydrogen) atoms. The Kier molecular flexibility index (Phi) is 6.13. The molecule has 0 unspecified atom stereocenters. The van der Waals surface area contributed by atoms with Crippen LogP contribution in [0, 0.1) is 5.92 Å². The zero-order chi connectivity index (χ0) is 15.9. The Hall–Kier alpha value is -1.31. The molecule has 2 heteroatoms. The lowest BCUT2D eigenvalue weighted by Gasteiger charge is -2.21. The molecule has 3 rings (SSSR count). The molecular formula is C21H26ClN. The second kappa shape index (κ2) is 8.52. The topological polar surface area (TPSA) is 12.0 Å². The van der Waals surface area contributed by atoms with Crippen molar-refractivity contribution in [2.24, 2.45) is 5.92 Å². The Morgan fingerprint density at radius 2 is 1.65 bits per heavy atom. The maximum absolute atomic E-state index is 6.10. The summed E-state index contributed by atoms with van der Waals surface area (Å²) in [7, 11) is 0. The number of benzene rings is 2. The van der Waals surface area contributed by atoms with E-state index >= 15 is 0 Å². The van der Waals surface area contributed by atoms with E-state index in [-0.39, 0.29) is 0 Å². The van der Waals surface area contributed by atoms with Crippen LogP contribution in [0.3, 0.4) is 0 Å². The Labute approximate surface area is 145 Å². The van der Waals surface area contributed by atoms with Gasteiger partial charge in [-0.2, -0.15) is 0 Å². The lowest BCUT2D eigenvalue weighted by Crippen LogP contribution is -2.19. The minimum absolute atomic E-state index is 0.790. The summed E-state index contributed by atoms with van der Waals surface area (Å²) in [6, 6.07) is 16.8. The molecule has 0 saturated heterocycles. The summed E-state index contributed by atoms with van der Waals surface area (Å²) < 4.78 is 0. The van der Waals surface area contributed by atoms with Crippen LogP contribution in [0.2, 0.25) is 5.02 Å². The highest BCUT2D eigenvalue weighted by atomic mass is 35.5. The fourth-order valence-corrected chi connectivity index (χ4v) is 3.73. The van der Waals surface area contributed by atoms with E-state index in [0.717, 1.165) is 24.0 Å². The van der Waals surface area contributed by atoms with Crippen molar-refractivity contribution in [2.75, 3.05) is 6.54 Å². The van der Waals surface area contributed by atoms with Gasteiger partial charge in [-0.25, -0.2) is 0 Å². The molecule has 1 saturated carbocycles. The summed E-state index contributed by atoms with van der Waals surface area (Å²) in [6.45, 7) is 2.08. The van der Waals surface area contributed by atoms with E-state index in [1.807, 2.05) is 18.2 Å². The molecule has 1 fully saturated rings. The maximum atomic E-state index is 6.10. The number of halogens is 1. The van der Waals surface area contributed by atoms with Gasteiger partial charge in [0.1, 0.15) is 0 Å².